The molecule has 4 heteroatoms. The summed E-state index contributed by atoms with van der Waals surface area (Å²) in [5, 5.41) is 6.58. The van der Waals surface area contributed by atoms with Gasteiger partial charge in [0.15, 0.2) is 0 Å². The highest BCUT2D eigenvalue weighted by molar-refractivity contribution is 5.85. The molecule has 2 fully saturated rings. The summed E-state index contributed by atoms with van der Waals surface area (Å²) < 4.78 is 0. The van der Waals surface area contributed by atoms with E-state index in [1.165, 1.54) is 51.4 Å². The number of halogens is 1. The van der Waals surface area contributed by atoms with Gasteiger partial charge < -0.3 is 10.6 Å². The van der Waals surface area contributed by atoms with E-state index in [0.717, 1.165) is 18.9 Å². The zero-order valence-electron chi connectivity index (χ0n) is 12.1. The van der Waals surface area contributed by atoms with Crippen LogP contribution < -0.4 is 10.6 Å². The third kappa shape index (κ3) is 5.31. The Morgan fingerprint density at radius 1 is 1.16 bits per heavy atom. The first-order valence-corrected chi connectivity index (χ1v) is 7.83. The third-order valence-corrected chi connectivity index (χ3v) is 4.52. The lowest BCUT2D eigenvalue weighted by molar-refractivity contribution is -0.124. The predicted molar refractivity (Wildman–Crippen MR) is 81.7 cm³/mol. The van der Waals surface area contributed by atoms with E-state index in [4.69, 9.17) is 0 Å². The van der Waals surface area contributed by atoms with E-state index in [0.29, 0.717) is 6.04 Å². The Morgan fingerprint density at radius 2 is 1.89 bits per heavy atom. The van der Waals surface area contributed by atoms with Crippen LogP contribution >= 0.6 is 12.4 Å². The molecule has 112 valence electrons. The first-order valence-electron chi connectivity index (χ1n) is 7.83. The molecule has 2 N–H and O–H groups in total. The van der Waals surface area contributed by atoms with Gasteiger partial charge in [0.25, 0.3) is 0 Å². The lowest BCUT2D eigenvalue weighted by Crippen LogP contribution is -2.50. The number of hydrogen-bond donors (Lipinski definition) is 2. The number of hydrogen-bond acceptors (Lipinski definition) is 2. The maximum absolute atomic E-state index is 12.1. The first-order chi connectivity index (χ1) is 8.79. The maximum Gasteiger partial charge on any atom is 0.237 e. The van der Waals surface area contributed by atoms with Crippen molar-refractivity contribution < 1.29 is 4.79 Å². The summed E-state index contributed by atoms with van der Waals surface area (Å²) in [5.74, 6) is 1.16. The molecule has 2 rings (SSSR count). The predicted octanol–water partition coefficient (Wildman–Crippen LogP) is 3.03. The van der Waals surface area contributed by atoms with Crippen LogP contribution in [0.2, 0.25) is 0 Å². The highest BCUT2D eigenvalue weighted by Crippen LogP contribution is 2.27. The van der Waals surface area contributed by atoms with Crippen molar-refractivity contribution in [3.8, 4) is 0 Å². The fourth-order valence-corrected chi connectivity index (χ4v) is 3.38. The van der Waals surface area contributed by atoms with Crippen LogP contribution in [0.3, 0.4) is 0 Å². The molecule has 0 aromatic rings. The maximum atomic E-state index is 12.1. The number of carbonyl (C=O) groups excluding carboxylic acids is 1. The molecule has 0 spiro atoms. The lowest BCUT2D eigenvalue weighted by Gasteiger charge is -2.31. The fraction of sp³-hybridized carbons (Fsp3) is 0.933. The molecule has 1 aliphatic carbocycles. The van der Waals surface area contributed by atoms with E-state index in [2.05, 4.69) is 17.6 Å². The minimum Gasteiger partial charge on any atom is -0.352 e. The molecule has 0 radical (unpaired) electrons. The molecule has 1 amide bonds. The quantitative estimate of drug-likeness (QED) is 0.835. The lowest BCUT2D eigenvalue weighted by atomic mass is 9.83. The van der Waals surface area contributed by atoms with Crippen molar-refractivity contribution in [2.45, 2.75) is 76.8 Å². The Labute approximate surface area is 123 Å². The van der Waals surface area contributed by atoms with Gasteiger partial charge >= 0.3 is 0 Å². The highest BCUT2D eigenvalue weighted by Gasteiger charge is 2.25. The van der Waals surface area contributed by atoms with Gasteiger partial charge in [0.05, 0.1) is 6.04 Å². The van der Waals surface area contributed by atoms with Gasteiger partial charge in [0.1, 0.15) is 0 Å². The Bertz CT molecular complexity index is 259. The second-order valence-electron chi connectivity index (χ2n) is 6.02. The molecule has 0 bridgehead atoms. The third-order valence-electron chi connectivity index (χ3n) is 4.52. The van der Waals surface area contributed by atoms with Crippen molar-refractivity contribution >= 4 is 18.3 Å². The van der Waals surface area contributed by atoms with E-state index in [-0.39, 0.29) is 24.4 Å². The Kier molecular flexibility index (Phi) is 7.77. The Morgan fingerprint density at radius 3 is 2.47 bits per heavy atom. The van der Waals surface area contributed by atoms with Gasteiger partial charge in [0.2, 0.25) is 5.91 Å². The molecule has 1 saturated heterocycles. The molecular formula is C15H29ClN2O. The van der Waals surface area contributed by atoms with Crippen molar-refractivity contribution in [1.29, 1.82) is 0 Å². The average molecular weight is 289 g/mol. The molecule has 1 saturated carbocycles. The van der Waals surface area contributed by atoms with Gasteiger partial charge in [-0.05, 0) is 51.0 Å². The van der Waals surface area contributed by atoms with Crippen molar-refractivity contribution in [2.24, 2.45) is 5.92 Å². The molecule has 1 heterocycles. The second kappa shape index (κ2) is 8.80. The summed E-state index contributed by atoms with van der Waals surface area (Å²) >= 11 is 0. The highest BCUT2D eigenvalue weighted by atomic mass is 35.5. The number of piperidine rings is 1. The largest absolute Gasteiger partial charge is 0.352 e. The summed E-state index contributed by atoms with van der Waals surface area (Å²) in [6, 6.07) is 0.515. The zero-order valence-corrected chi connectivity index (χ0v) is 12.9. The van der Waals surface area contributed by atoms with Crippen LogP contribution in [-0.4, -0.2) is 24.5 Å². The minimum atomic E-state index is 0. The van der Waals surface area contributed by atoms with Gasteiger partial charge in [-0.3, -0.25) is 4.79 Å². The fourth-order valence-electron chi connectivity index (χ4n) is 3.38. The van der Waals surface area contributed by atoms with E-state index >= 15 is 0 Å². The van der Waals surface area contributed by atoms with Crippen molar-refractivity contribution in [2.75, 3.05) is 6.54 Å². The van der Waals surface area contributed by atoms with Gasteiger partial charge in [-0.25, -0.2) is 0 Å². The van der Waals surface area contributed by atoms with Crippen LogP contribution in [0.1, 0.15) is 64.7 Å². The van der Waals surface area contributed by atoms with Crippen LogP contribution in [0, 0.1) is 5.92 Å². The average Bonchev–Trinajstić information content (AvgIpc) is 2.42. The van der Waals surface area contributed by atoms with Crippen LogP contribution in [0.4, 0.5) is 0 Å². The van der Waals surface area contributed by atoms with Gasteiger partial charge in [0, 0.05) is 6.04 Å². The van der Waals surface area contributed by atoms with Crippen molar-refractivity contribution in [1.82, 2.24) is 10.6 Å². The molecule has 1 atom stereocenters. The van der Waals surface area contributed by atoms with E-state index in [9.17, 15) is 4.79 Å². The van der Waals surface area contributed by atoms with E-state index < -0.39 is 0 Å². The van der Waals surface area contributed by atoms with E-state index in [1.807, 2.05) is 0 Å². The van der Waals surface area contributed by atoms with E-state index in [1.54, 1.807) is 0 Å². The van der Waals surface area contributed by atoms with Crippen LogP contribution in [0.15, 0.2) is 0 Å². The molecular weight excluding hydrogens is 260 g/mol. The molecule has 0 unspecified atom stereocenters. The number of nitrogens with one attached hydrogen (secondary N) is 2. The monoisotopic (exact) mass is 288 g/mol. The molecule has 0 aromatic heterocycles. The number of amides is 1. The first kappa shape index (κ1) is 16.8. The second-order valence-corrected chi connectivity index (χ2v) is 6.02. The summed E-state index contributed by atoms with van der Waals surface area (Å²) in [5.41, 5.74) is 0. The van der Waals surface area contributed by atoms with Crippen molar-refractivity contribution in [3.63, 3.8) is 0 Å². The number of carbonyl (C=O) groups is 1. The molecule has 3 nitrogen and oxygen atoms in total. The molecule has 19 heavy (non-hydrogen) atoms. The minimum absolute atomic E-state index is 0. The van der Waals surface area contributed by atoms with Gasteiger partial charge in [-0.15, -0.1) is 12.4 Å². The Balaban J connectivity index is 0.00000180. The smallest absolute Gasteiger partial charge is 0.237 e. The van der Waals surface area contributed by atoms with Gasteiger partial charge in [-0.1, -0.05) is 26.2 Å². The standard InChI is InChI=1S/C15H28N2O.ClH/c1-2-5-12-7-9-13(10-8-12)17-15(18)14-6-3-4-11-16-14;/h12-14,16H,2-11H2,1H3,(H,17,18);1H/t12?,13?,14-;/m1./s1. The summed E-state index contributed by atoms with van der Waals surface area (Å²) in [6.45, 7) is 3.27. The van der Waals surface area contributed by atoms with Crippen LogP contribution in [-0.2, 0) is 4.79 Å². The number of rotatable bonds is 4. The van der Waals surface area contributed by atoms with Crippen molar-refractivity contribution in [3.05, 3.63) is 0 Å². The SMILES string of the molecule is CCCC1CCC(NC(=O)[C@H]2CCCCN2)CC1.Cl. The Hall–Kier alpha value is -0.280. The zero-order chi connectivity index (χ0) is 12.8. The summed E-state index contributed by atoms with van der Waals surface area (Å²) in [6.07, 6.45) is 11.1. The molecule has 0 aromatic carbocycles. The normalized spacial score (nSPS) is 31.3. The summed E-state index contributed by atoms with van der Waals surface area (Å²) in [4.78, 5) is 12.1. The van der Waals surface area contributed by atoms with Crippen LogP contribution in [0.25, 0.3) is 0 Å². The van der Waals surface area contributed by atoms with Gasteiger partial charge in [-0.2, -0.15) is 0 Å². The molecule has 1 aliphatic heterocycles. The molecule has 2 aliphatic rings. The van der Waals surface area contributed by atoms with Crippen LogP contribution in [0.5, 0.6) is 0 Å². The summed E-state index contributed by atoms with van der Waals surface area (Å²) in [7, 11) is 0. The topological polar surface area (TPSA) is 41.1 Å².